The standard InChI is InChI=1S/C20H15FO2/c21-20-12-17(23-14-15-6-2-1-3-7-15)10-11-19(20)18-9-5-4-8-16(18)13-22/h1-13H,14H2. The molecule has 3 aromatic rings. The molecule has 0 aliphatic carbocycles. The maximum absolute atomic E-state index is 14.4. The molecule has 0 saturated heterocycles. The summed E-state index contributed by atoms with van der Waals surface area (Å²) in [5.74, 6) is 0.0450. The van der Waals surface area contributed by atoms with Crippen LogP contribution in [0.3, 0.4) is 0 Å². The van der Waals surface area contributed by atoms with Crippen molar-refractivity contribution in [3.05, 3.63) is 89.7 Å². The minimum atomic E-state index is -0.412. The SMILES string of the molecule is O=Cc1ccccc1-c1ccc(OCc2ccccc2)cc1F. The summed E-state index contributed by atoms with van der Waals surface area (Å²) in [6, 6.07) is 21.3. The lowest BCUT2D eigenvalue weighted by molar-refractivity contribution is 0.112. The van der Waals surface area contributed by atoms with Crippen molar-refractivity contribution in [3.8, 4) is 16.9 Å². The largest absolute Gasteiger partial charge is 0.489 e. The van der Waals surface area contributed by atoms with Crippen LogP contribution in [0.5, 0.6) is 5.75 Å². The summed E-state index contributed by atoms with van der Waals surface area (Å²) in [5, 5.41) is 0. The Morgan fingerprint density at radius 3 is 2.35 bits per heavy atom. The van der Waals surface area contributed by atoms with Crippen molar-refractivity contribution >= 4 is 6.29 Å². The zero-order valence-electron chi connectivity index (χ0n) is 12.4. The van der Waals surface area contributed by atoms with Gasteiger partial charge in [-0.2, -0.15) is 0 Å². The van der Waals surface area contributed by atoms with E-state index in [4.69, 9.17) is 4.74 Å². The molecule has 0 aliphatic heterocycles. The van der Waals surface area contributed by atoms with Crippen molar-refractivity contribution in [1.82, 2.24) is 0 Å². The molecule has 0 unspecified atom stereocenters. The number of benzene rings is 3. The van der Waals surface area contributed by atoms with Gasteiger partial charge in [0.1, 0.15) is 18.2 Å². The van der Waals surface area contributed by atoms with E-state index in [0.29, 0.717) is 29.0 Å². The maximum Gasteiger partial charge on any atom is 0.150 e. The lowest BCUT2D eigenvalue weighted by atomic mass is 10.00. The summed E-state index contributed by atoms with van der Waals surface area (Å²) in [7, 11) is 0. The Morgan fingerprint density at radius 1 is 0.870 bits per heavy atom. The predicted molar refractivity (Wildman–Crippen MR) is 88.0 cm³/mol. The van der Waals surface area contributed by atoms with Crippen molar-refractivity contribution in [2.75, 3.05) is 0 Å². The van der Waals surface area contributed by atoms with E-state index in [1.54, 1.807) is 36.4 Å². The first kappa shape index (κ1) is 15.0. The highest BCUT2D eigenvalue weighted by atomic mass is 19.1. The number of carbonyl (C=O) groups is 1. The molecule has 0 saturated carbocycles. The molecule has 114 valence electrons. The summed E-state index contributed by atoms with van der Waals surface area (Å²) in [6.07, 6.45) is 0.731. The lowest BCUT2D eigenvalue weighted by Crippen LogP contribution is -1.96. The molecule has 3 aromatic carbocycles. The average Bonchev–Trinajstić information content (AvgIpc) is 2.61. The van der Waals surface area contributed by atoms with E-state index in [1.807, 2.05) is 30.3 Å². The molecule has 3 heteroatoms. The second kappa shape index (κ2) is 6.88. The van der Waals surface area contributed by atoms with Gasteiger partial charge in [0.25, 0.3) is 0 Å². The molecule has 2 nitrogen and oxygen atoms in total. The van der Waals surface area contributed by atoms with Crippen LogP contribution in [0.25, 0.3) is 11.1 Å². The Labute approximate surface area is 134 Å². The van der Waals surface area contributed by atoms with Crippen LogP contribution in [0.15, 0.2) is 72.8 Å². The van der Waals surface area contributed by atoms with Gasteiger partial charge in [-0.3, -0.25) is 4.79 Å². The van der Waals surface area contributed by atoms with Gasteiger partial charge in [-0.05, 0) is 23.3 Å². The summed E-state index contributed by atoms with van der Waals surface area (Å²) in [5.41, 5.74) is 2.45. The second-order valence-corrected chi connectivity index (χ2v) is 5.12. The highest BCUT2D eigenvalue weighted by Crippen LogP contribution is 2.28. The Balaban J connectivity index is 1.82. The van der Waals surface area contributed by atoms with Gasteiger partial charge in [-0.1, -0.05) is 54.6 Å². The molecule has 0 fully saturated rings. The van der Waals surface area contributed by atoms with Crippen LogP contribution in [0.4, 0.5) is 4.39 Å². The van der Waals surface area contributed by atoms with Gasteiger partial charge in [0.05, 0.1) is 0 Å². The minimum Gasteiger partial charge on any atom is -0.489 e. The molecule has 0 N–H and O–H groups in total. The third kappa shape index (κ3) is 3.46. The Kier molecular flexibility index (Phi) is 4.48. The fraction of sp³-hybridized carbons (Fsp3) is 0.0500. The summed E-state index contributed by atoms with van der Waals surface area (Å²) in [6.45, 7) is 0.380. The Bertz CT molecular complexity index is 813. The monoisotopic (exact) mass is 306 g/mol. The molecule has 0 bridgehead atoms. The van der Waals surface area contributed by atoms with Gasteiger partial charge in [-0.15, -0.1) is 0 Å². The van der Waals surface area contributed by atoms with Crippen molar-refractivity contribution < 1.29 is 13.9 Å². The fourth-order valence-electron chi connectivity index (χ4n) is 2.39. The van der Waals surface area contributed by atoms with Crippen LogP contribution in [0, 0.1) is 5.82 Å². The van der Waals surface area contributed by atoms with Gasteiger partial charge in [0.2, 0.25) is 0 Å². The summed E-state index contributed by atoms with van der Waals surface area (Å²) in [4.78, 5) is 11.1. The third-order valence-corrected chi connectivity index (χ3v) is 3.57. The summed E-state index contributed by atoms with van der Waals surface area (Å²) < 4.78 is 20.0. The van der Waals surface area contributed by atoms with Crippen molar-refractivity contribution in [3.63, 3.8) is 0 Å². The molecule has 0 aliphatic rings. The summed E-state index contributed by atoms with van der Waals surface area (Å²) >= 11 is 0. The molecule has 0 atom stereocenters. The van der Waals surface area contributed by atoms with Gasteiger partial charge in [0, 0.05) is 17.2 Å². The van der Waals surface area contributed by atoms with Crippen molar-refractivity contribution in [2.45, 2.75) is 6.61 Å². The molecule has 0 amide bonds. The number of aldehydes is 1. The third-order valence-electron chi connectivity index (χ3n) is 3.57. The van der Waals surface area contributed by atoms with E-state index in [-0.39, 0.29) is 0 Å². The molecule has 3 rings (SSSR count). The van der Waals surface area contributed by atoms with Crippen LogP contribution in [-0.2, 0) is 6.61 Å². The zero-order valence-corrected chi connectivity index (χ0v) is 12.4. The van der Waals surface area contributed by atoms with Gasteiger partial charge in [0.15, 0.2) is 6.29 Å². The maximum atomic E-state index is 14.4. The first-order valence-corrected chi connectivity index (χ1v) is 7.29. The van der Waals surface area contributed by atoms with E-state index in [0.717, 1.165) is 11.8 Å². The number of ether oxygens (including phenoxy) is 1. The molecule has 0 heterocycles. The predicted octanol–water partition coefficient (Wildman–Crippen LogP) is 4.88. The highest BCUT2D eigenvalue weighted by Gasteiger charge is 2.10. The van der Waals surface area contributed by atoms with E-state index in [9.17, 15) is 9.18 Å². The van der Waals surface area contributed by atoms with E-state index in [1.165, 1.54) is 6.07 Å². The molecule has 23 heavy (non-hydrogen) atoms. The van der Waals surface area contributed by atoms with Gasteiger partial charge >= 0.3 is 0 Å². The Hall–Kier alpha value is -2.94. The number of hydrogen-bond donors (Lipinski definition) is 0. The molecule has 0 aromatic heterocycles. The topological polar surface area (TPSA) is 26.3 Å². The molecule has 0 spiro atoms. The normalized spacial score (nSPS) is 10.3. The molecular weight excluding hydrogens is 291 g/mol. The Morgan fingerprint density at radius 2 is 1.61 bits per heavy atom. The minimum absolute atomic E-state index is 0.380. The first-order valence-electron chi connectivity index (χ1n) is 7.29. The highest BCUT2D eigenvalue weighted by molar-refractivity contribution is 5.87. The lowest BCUT2D eigenvalue weighted by Gasteiger charge is -2.10. The quantitative estimate of drug-likeness (QED) is 0.628. The fourth-order valence-corrected chi connectivity index (χ4v) is 2.39. The average molecular weight is 306 g/mol. The van der Waals surface area contributed by atoms with Crippen LogP contribution in [0.2, 0.25) is 0 Å². The number of carbonyl (C=O) groups excluding carboxylic acids is 1. The van der Waals surface area contributed by atoms with Gasteiger partial charge < -0.3 is 4.74 Å². The van der Waals surface area contributed by atoms with Crippen LogP contribution < -0.4 is 4.74 Å². The van der Waals surface area contributed by atoms with Crippen LogP contribution >= 0.6 is 0 Å². The number of halogens is 1. The van der Waals surface area contributed by atoms with Crippen LogP contribution in [0.1, 0.15) is 15.9 Å². The first-order chi connectivity index (χ1) is 11.3. The van der Waals surface area contributed by atoms with Gasteiger partial charge in [-0.25, -0.2) is 4.39 Å². The van der Waals surface area contributed by atoms with Crippen molar-refractivity contribution in [1.29, 1.82) is 0 Å². The van der Waals surface area contributed by atoms with Crippen LogP contribution in [-0.4, -0.2) is 6.29 Å². The number of rotatable bonds is 5. The molecular formula is C20H15FO2. The number of hydrogen-bond acceptors (Lipinski definition) is 2. The molecule has 0 radical (unpaired) electrons. The second-order valence-electron chi connectivity index (χ2n) is 5.12. The van der Waals surface area contributed by atoms with E-state index in [2.05, 4.69) is 0 Å². The van der Waals surface area contributed by atoms with E-state index >= 15 is 0 Å². The van der Waals surface area contributed by atoms with E-state index < -0.39 is 5.82 Å². The smallest absolute Gasteiger partial charge is 0.150 e. The van der Waals surface area contributed by atoms with Crippen molar-refractivity contribution in [2.24, 2.45) is 0 Å². The zero-order chi connectivity index (χ0) is 16.1.